The average Bonchev–Trinajstić information content (AvgIpc) is 2.26. The molecular weight excluding hydrogens is 248 g/mol. The topological polar surface area (TPSA) is 77.9 Å². The molecule has 0 atom stereocenters. The summed E-state index contributed by atoms with van der Waals surface area (Å²) in [5.41, 5.74) is 0. The van der Waals surface area contributed by atoms with Gasteiger partial charge >= 0.3 is 5.97 Å². The minimum absolute atomic E-state index is 0.0264. The molecule has 0 saturated heterocycles. The van der Waals surface area contributed by atoms with Crippen molar-refractivity contribution in [2.24, 2.45) is 5.92 Å². The first-order valence-electron chi connectivity index (χ1n) is 6.43. The Bertz CT molecular complexity index is 327. The van der Waals surface area contributed by atoms with Crippen LogP contribution in [0.5, 0.6) is 0 Å². The molecule has 0 rings (SSSR count). The van der Waals surface area contributed by atoms with E-state index in [1.165, 1.54) is 9.80 Å². The van der Waals surface area contributed by atoms with Crippen molar-refractivity contribution in [1.29, 1.82) is 0 Å². The predicted octanol–water partition coefficient (Wildman–Crippen LogP) is 0.814. The Balaban J connectivity index is 4.24. The van der Waals surface area contributed by atoms with Crippen molar-refractivity contribution >= 4 is 17.8 Å². The van der Waals surface area contributed by atoms with Crippen molar-refractivity contribution in [2.45, 2.75) is 33.1 Å². The summed E-state index contributed by atoms with van der Waals surface area (Å²) >= 11 is 0. The number of rotatable bonds is 8. The van der Waals surface area contributed by atoms with Gasteiger partial charge in [-0.1, -0.05) is 13.8 Å². The first kappa shape index (κ1) is 17.4. The highest BCUT2D eigenvalue weighted by Crippen LogP contribution is 2.06. The molecule has 1 N–H and O–H groups in total. The Kier molecular flexibility index (Phi) is 7.79. The minimum Gasteiger partial charge on any atom is -0.480 e. The fourth-order valence-electron chi connectivity index (χ4n) is 1.63. The molecule has 19 heavy (non-hydrogen) atoms. The highest BCUT2D eigenvalue weighted by molar-refractivity contribution is 5.82. The number of amides is 2. The van der Waals surface area contributed by atoms with Crippen LogP contribution in [0.4, 0.5) is 0 Å². The lowest BCUT2D eigenvalue weighted by Gasteiger charge is -2.22. The molecule has 0 aliphatic carbocycles. The van der Waals surface area contributed by atoms with Crippen molar-refractivity contribution < 1.29 is 19.5 Å². The van der Waals surface area contributed by atoms with Crippen molar-refractivity contribution in [3.8, 4) is 0 Å². The Morgan fingerprint density at radius 1 is 1.05 bits per heavy atom. The van der Waals surface area contributed by atoms with Crippen LogP contribution in [0.15, 0.2) is 0 Å². The lowest BCUT2D eigenvalue weighted by molar-refractivity contribution is -0.145. The van der Waals surface area contributed by atoms with E-state index in [1.807, 2.05) is 13.8 Å². The average molecular weight is 272 g/mol. The van der Waals surface area contributed by atoms with Crippen LogP contribution in [0.25, 0.3) is 0 Å². The molecule has 0 spiro atoms. The first-order valence-corrected chi connectivity index (χ1v) is 6.43. The number of carbonyl (C=O) groups is 3. The molecule has 0 heterocycles. The smallest absolute Gasteiger partial charge is 0.323 e. The third kappa shape index (κ3) is 8.18. The summed E-state index contributed by atoms with van der Waals surface area (Å²) in [7, 11) is 3.33. The molecule has 6 nitrogen and oxygen atoms in total. The van der Waals surface area contributed by atoms with E-state index in [1.54, 1.807) is 14.1 Å². The lowest BCUT2D eigenvalue weighted by Crippen LogP contribution is -2.38. The molecule has 0 radical (unpaired) electrons. The lowest BCUT2D eigenvalue weighted by atomic mass is 10.1. The summed E-state index contributed by atoms with van der Waals surface area (Å²) in [6.07, 6.45) is 0.963. The Hall–Kier alpha value is -1.59. The van der Waals surface area contributed by atoms with Gasteiger partial charge in [0, 0.05) is 33.5 Å². The van der Waals surface area contributed by atoms with Gasteiger partial charge in [0.25, 0.3) is 0 Å². The predicted molar refractivity (Wildman–Crippen MR) is 71.6 cm³/mol. The maximum absolute atomic E-state index is 11.9. The number of hydrogen-bond acceptors (Lipinski definition) is 3. The van der Waals surface area contributed by atoms with Crippen molar-refractivity contribution in [1.82, 2.24) is 9.80 Å². The van der Waals surface area contributed by atoms with Crippen LogP contribution in [-0.4, -0.2) is 59.9 Å². The van der Waals surface area contributed by atoms with E-state index in [-0.39, 0.29) is 30.7 Å². The molecule has 0 unspecified atom stereocenters. The third-order valence-electron chi connectivity index (χ3n) is 2.54. The largest absolute Gasteiger partial charge is 0.480 e. The summed E-state index contributed by atoms with van der Waals surface area (Å²) in [5.74, 6) is -1.03. The molecule has 0 aromatic rings. The van der Waals surface area contributed by atoms with Gasteiger partial charge in [-0.05, 0) is 12.3 Å². The number of carboxylic acid groups (broad SMARTS) is 1. The number of carboxylic acids is 1. The highest BCUT2D eigenvalue weighted by atomic mass is 16.4. The van der Waals surface area contributed by atoms with Gasteiger partial charge in [-0.25, -0.2) is 0 Å². The monoisotopic (exact) mass is 272 g/mol. The van der Waals surface area contributed by atoms with E-state index in [2.05, 4.69) is 0 Å². The van der Waals surface area contributed by atoms with Gasteiger partial charge in [0.1, 0.15) is 6.54 Å². The van der Waals surface area contributed by atoms with Crippen molar-refractivity contribution in [3.63, 3.8) is 0 Å². The van der Waals surface area contributed by atoms with E-state index >= 15 is 0 Å². The standard InChI is InChI=1S/C13H24N2O4/c1-10(2)8-15(9-13(18)19)12(17)7-5-6-11(16)14(3)4/h10H,5-9H2,1-4H3,(H,18,19). The van der Waals surface area contributed by atoms with E-state index in [0.717, 1.165) is 0 Å². The maximum Gasteiger partial charge on any atom is 0.323 e. The zero-order valence-electron chi connectivity index (χ0n) is 12.2. The molecule has 2 amide bonds. The van der Waals surface area contributed by atoms with Gasteiger partial charge < -0.3 is 14.9 Å². The number of hydrogen-bond donors (Lipinski definition) is 1. The zero-order valence-corrected chi connectivity index (χ0v) is 12.2. The summed E-state index contributed by atoms with van der Waals surface area (Å²) in [6, 6.07) is 0. The highest BCUT2D eigenvalue weighted by Gasteiger charge is 2.18. The van der Waals surface area contributed by atoms with E-state index in [0.29, 0.717) is 19.4 Å². The van der Waals surface area contributed by atoms with Gasteiger partial charge in [-0.2, -0.15) is 0 Å². The summed E-state index contributed by atoms with van der Waals surface area (Å²) < 4.78 is 0. The molecule has 110 valence electrons. The van der Waals surface area contributed by atoms with Gasteiger partial charge in [0.05, 0.1) is 0 Å². The second kappa shape index (κ2) is 8.50. The molecule has 0 aromatic heterocycles. The first-order chi connectivity index (χ1) is 8.73. The summed E-state index contributed by atoms with van der Waals surface area (Å²) in [6.45, 7) is 4.00. The van der Waals surface area contributed by atoms with Crippen LogP contribution in [0.3, 0.4) is 0 Å². The fourth-order valence-corrected chi connectivity index (χ4v) is 1.63. The zero-order chi connectivity index (χ0) is 15.0. The van der Waals surface area contributed by atoms with Crippen LogP contribution < -0.4 is 0 Å². The molecule has 0 fully saturated rings. The normalized spacial score (nSPS) is 10.4. The number of carbonyl (C=O) groups excluding carboxylic acids is 2. The number of nitrogens with zero attached hydrogens (tertiary/aromatic N) is 2. The van der Waals surface area contributed by atoms with Gasteiger partial charge in [-0.3, -0.25) is 14.4 Å². The van der Waals surface area contributed by atoms with Crippen LogP contribution >= 0.6 is 0 Å². The second-order valence-electron chi connectivity index (χ2n) is 5.20. The van der Waals surface area contributed by atoms with Crippen LogP contribution in [-0.2, 0) is 14.4 Å². The molecule has 0 aromatic carbocycles. The Morgan fingerprint density at radius 3 is 2.00 bits per heavy atom. The molecular formula is C13H24N2O4. The molecule has 0 aliphatic heterocycles. The van der Waals surface area contributed by atoms with Crippen molar-refractivity contribution in [3.05, 3.63) is 0 Å². The Morgan fingerprint density at radius 2 is 1.58 bits per heavy atom. The molecule has 0 bridgehead atoms. The molecule has 0 aliphatic rings. The SMILES string of the molecule is CC(C)CN(CC(=O)O)C(=O)CCCC(=O)N(C)C. The molecule has 6 heteroatoms. The summed E-state index contributed by atoms with van der Waals surface area (Å²) in [4.78, 5) is 36.8. The van der Waals surface area contributed by atoms with E-state index < -0.39 is 5.97 Å². The number of aliphatic carboxylic acids is 1. The quantitative estimate of drug-likeness (QED) is 0.709. The van der Waals surface area contributed by atoms with Crippen LogP contribution in [0.1, 0.15) is 33.1 Å². The third-order valence-corrected chi connectivity index (χ3v) is 2.54. The van der Waals surface area contributed by atoms with Crippen LogP contribution in [0.2, 0.25) is 0 Å². The van der Waals surface area contributed by atoms with E-state index in [4.69, 9.17) is 5.11 Å². The van der Waals surface area contributed by atoms with Gasteiger partial charge in [0.15, 0.2) is 0 Å². The second-order valence-corrected chi connectivity index (χ2v) is 5.20. The summed E-state index contributed by atoms with van der Waals surface area (Å²) in [5, 5.41) is 8.78. The van der Waals surface area contributed by atoms with E-state index in [9.17, 15) is 14.4 Å². The van der Waals surface area contributed by atoms with Crippen molar-refractivity contribution in [2.75, 3.05) is 27.2 Å². The fraction of sp³-hybridized carbons (Fsp3) is 0.769. The molecule has 0 saturated carbocycles. The van der Waals surface area contributed by atoms with Gasteiger partial charge in [0.2, 0.25) is 11.8 Å². The maximum atomic E-state index is 11.9. The minimum atomic E-state index is -1.02. The van der Waals surface area contributed by atoms with Gasteiger partial charge in [-0.15, -0.1) is 0 Å². The van der Waals surface area contributed by atoms with Crippen LogP contribution in [0, 0.1) is 5.92 Å². The Labute approximate surface area is 114 Å².